The molecule has 1 unspecified atom stereocenters. The molecule has 0 aromatic carbocycles. The van der Waals surface area contributed by atoms with Crippen molar-refractivity contribution in [3.8, 4) is 0 Å². The quantitative estimate of drug-likeness (QED) is 0.784. The molecule has 0 radical (unpaired) electrons. The van der Waals surface area contributed by atoms with E-state index in [0.717, 1.165) is 6.07 Å². The highest BCUT2D eigenvalue weighted by atomic mass is 19.4. The van der Waals surface area contributed by atoms with Gasteiger partial charge in [0.15, 0.2) is 0 Å². The van der Waals surface area contributed by atoms with E-state index in [4.69, 9.17) is 0 Å². The normalized spacial score (nSPS) is 19.8. The van der Waals surface area contributed by atoms with Gasteiger partial charge in [0.1, 0.15) is 5.82 Å². The van der Waals surface area contributed by atoms with Crippen LogP contribution in [0.5, 0.6) is 0 Å². The second kappa shape index (κ2) is 5.68. The van der Waals surface area contributed by atoms with E-state index in [1.807, 2.05) is 0 Å². The van der Waals surface area contributed by atoms with Gasteiger partial charge in [-0.15, -0.1) is 0 Å². The highest BCUT2D eigenvalue weighted by Crippen LogP contribution is 2.36. The SMILES string of the molecule is COC(=O)C1CCCN(c2ncccc2C(F)(F)F)C1. The van der Waals surface area contributed by atoms with Gasteiger partial charge < -0.3 is 9.64 Å². The van der Waals surface area contributed by atoms with Crippen LogP contribution in [0.2, 0.25) is 0 Å². The molecule has 1 aliphatic rings. The molecule has 4 nitrogen and oxygen atoms in total. The summed E-state index contributed by atoms with van der Waals surface area (Å²) in [6, 6.07) is 2.26. The third-order valence-electron chi connectivity index (χ3n) is 3.35. The molecule has 0 N–H and O–H groups in total. The first-order valence-corrected chi connectivity index (χ1v) is 6.28. The molecule has 1 saturated heterocycles. The molecule has 1 atom stereocenters. The molecule has 110 valence electrons. The number of halogens is 3. The molecular weight excluding hydrogens is 273 g/mol. The number of hydrogen-bond donors (Lipinski definition) is 0. The van der Waals surface area contributed by atoms with Gasteiger partial charge in [-0.3, -0.25) is 4.79 Å². The van der Waals surface area contributed by atoms with Crippen LogP contribution in [0.3, 0.4) is 0 Å². The number of rotatable bonds is 2. The van der Waals surface area contributed by atoms with Crippen molar-refractivity contribution in [2.24, 2.45) is 5.92 Å². The summed E-state index contributed by atoms with van der Waals surface area (Å²) < 4.78 is 43.6. The van der Waals surface area contributed by atoms with Crippen LogP contribution in [0.15, 0.2) is 18.3 Å². The second-order valence-corrected chi connectivity index (χ2v) is 4.68. The van der Waals surface area contributed by atoms with Crippen LogP contribution >= 0.6 is 0 Å². The second-order valence-electron chi connectivity index (χ2n) is 4.68. The first-order chi connectivity index (χ1) is 9.43. The summed E-state index contributed by atoms with van der Waals surface area (Å²) in [5, 5.41) is 0. The van der Waals surface area contributed by atoms with Gasteiger partial charge in [-0.1, -0.05) is 0 Å². The van der Waals surface area contributed by atoms with Crippen LogP contribution in [0.1, 0.15) is 18.4 Å². The minimum Gasteiger partial charge on any atom is -0.469 e. The molecule has 0 aliphatic carbocycles. The number of piperidine rings is 1. The van der Waals surface area contributed by atoms with Gasteiger partial charge in [0.05, 0.1) is 18.6 Å². The number of nitrogens with zero attached hydrogens (tertiary/aromatic N) is 2. The van der Waals surface area contributed by atoms with Crippen molar-refractivity contribution in [2.75, 3.05) is 25.1 Å². The maximum absolute atomic E-state index is 13.0. The molecule has 1 fully saturated rings. The number of aromatic nitrogens is 1. The van der Waals surface area contributed by atoms with Gasteiger partial charge >= 0.3 is 12.1 Å². The molecule has 1 aliphatic heterocycles. The maximum Gasteiger partial charge on any atom is 0.419 e. The Balaban J connectivity index is 2.26. The van der Waals surface area contributed by atoms with Crippen molar-refractivity contribution >= 4 is 11.8 Å². The van der Waals surface area contributed by atoms with E-state index in [1.54, 1.807) is 0 Å². The molecule has 2 rings (SSSR count). The maximum atomic E-state index is 13.0. The van der Waals surface area contributed by atoms with Crippen LogP contribution in [-0.4, -0.2) is 31.2 Å². The molecule has 0 spiro atoms. The fourth-order valence-electron chi connectivity index (χ4n) is 2.40. The lowest BCUT2D eigenvalue weighted by Crippen LogP contribution is -2.40. The van der Waals surface area contributed by atoms with Crippen LogP contribution in [0.4, 0.5) is 19.0 Å². The zero-order valence-electron chi connectivity index (χ0n) is 11.0. The Morgan fingerprint density at radius 3 is 2.90 bits per heavy atom. The predicted molar refractivity (Wildman–Crippen MR) is 66.2 cm³/mol. The standard InChI is InChI=1S/C13H15F3N2O2/c1-20-12(19)9-4-3-7-18(8-9)11-10(13(14,15)16)5-2-6-17-11/h2,5-6,9H,3-4,7-8H2,1H3. The molecule has 2 heterocycles. The summed E-state index contributed by atoms with van der Waals surface area (Å²) in [4.78, 5) is 16.9. The third-order valence-corrected chi connectivity index (χ3v) is 3.35. The zero-order chi connectivity index (χ0) is 14.8. The number of anilines is 1. The minimum atomic E-state index is -4.46. The highest BCUT2D eigenvalue weighted by molar-refractivity contribution is 5.73. The first-order valence-electron chi connectivity index (χ1n) is 6.28. The van der Waals surface area contributed by atoms with E-state index in [1.165, 1.54) is 24.3 Å². The number of alkyl halides is 3. The number of pyridine rings is 1. The third kappa shape index (κ3) is 3.02. The largest absolute Gasteiger partial charge is 0.469 e. The fraction of sp³-hybridized carbons (Fsp3) is 0.538. The summed E-state index contributed by atoms with van der Waals surface area (Å²) in [7, 11) is 1.28. The molecule has 1 aromatic heterocycles. The molecule has 1 aromatic rings. The van der Waals surface area contributed by atoms with Crippen molar-refractivity contribution in [1.29, 1.82) is 0 Å². The van der Waals surface area contributed by atoms with Gasteiger partial charge in [-0.2, -0.15) is 13.2 Å². The lowest BCUT2D eigenvalue weighted by molar-refractivity contribution is -0.145. The van der Waals surface area contributed by atoms with E-state index in [0.29, 0.717) is 19.4 Å². The van der Waals surface area contributed by atoms with Gasteiger partial charge in [-0.25, -0.2) is 4.98 Å². The van der Waals surface area contributed by atoms with E-state index in [-0.39, 0.29) is 18.3 Å². The lowest BCUT2D eigenvalue weighted by Gasteiger charge is -2.33. The van der Waals surface area contributed by atoms with Crippen LogP contribution < -0.4 is 4.90 Å². The van der Waals surface area contributed by atoms with Crippen molar-refractivity contribution in [1.82, 2.24) is 4.98 Å². The molecule has 20 heavy (non-hydrogen) atoms. The average molecular weight is 288 g/mol. The zero-order valence-corrected chi connectivity index (χ0v) is 11.0. The summed E-state index contributed by atoms with van der Waals surface area (Å²) in [5.74, 6) is -0.912. The van der Waals surface area contributed by atoms with E-state index < -0.39 is 17.7 Å². The van der Waals surface area contributed by atoms with Gasteiger partial charge in [-0.05, 0) is 25.0 Å². The summed E-state index contributed by atoms with van der Waals surface area (Å²) in [6.07, 6.45) is -1.88. The summed E-state index contributed by atoms with van der Waals surface area (Å²) in [6.45, 7) is 0.653. The highest BCUT2D eigenvalue weighted by Gasteiger charge is 2.37. The monoisotopic (exact) mass is 288 g/mol. The molecule has 0 amide bonds. The van der Waals surface area contributed by atoms with Gasteiger partial charge in [0.25, 0.3) is 0 Å². The Labute approximate surface area is 114 Å². The number of methoxy groups -OCH3 is 1. The Morgan fingerprint density at radius 1 is 1.50 bits per heavy atom. The van der Waals surface area contributed by atoms with Crippen molar-refractivity contribution in [2.45, 2.75) is 19.0 Å². The van der Waals surface area contributed by atoms with Crippen molar-refractivity contribution in [3.63, 3.8) is 0 Å². The van der Waals surface area contributed by atoms with Gasteiger partial charge in [0, 0.05) is 19.3 Å². The topological polar surface area (TPSA) is 42.4 Å². The first kappa shape index (κ1) is 14.6. The van der Waals surface area contributed by atoms with Crippen LogP contribution in [0.25, 0.3) is 0 Å². The Bertz CT molecular complexity index is 491. The smallest absolute Gasteiger partial charge is 0.419 e. The Hall–Kier alpha value is -1.79. The molecule has 0 saturated carbocycles. The number of carbonyl (C=O) groups excluding carboxylic acids is 1. The minimum absolute atomic E-state index is 0.117. The molecule has 0 bridgehead atoms. The number of carbonyl (C=O) groups is 1. The van der Waals surface area contributed by atoms with Crippen molar-refractivity contribution in [3.05, 3.63) is 23.9 Å². The Morgan fingerprint density at radius 2 is 2.25 bits per heavy atom. The van der Waals surface area contributed by atoms with E-state index >= 15 is 0 Å². The Kier molecular flexibility index (Phi) is 4.15. The number of hydrogen-bond acceptors (Lipinski definition) is 4. The van der Waals surface area contributed by atoms with Gasteiger partial charge in [0.2, 0.25) is 0 Å². The number of ether oxygens (including phenoxy) is 1. The van der Waals surface area contributed by atoms with E-state index in [9.17, 15) is 18.0 Å². The predicted octanol–water partition coefficient (Wildman–Crippen LogP) is 2.49. The van der Waals surface area contributed by atoms with Crippen LogP contribution in [-0.2, 0) is 15.7 Å². The van der Waals surface area contributed by atoms with E-state index in [2.05, 4.69) is 9.72 Å². The lowest BCUT2D eigenvalue weighted by atomic mass is 9.98. The fourth-order valence-corrected chi connectivity index (χ4v) is 2.40. The number of esters is 1. The van der Waals surface area contributed by atoms with Crippen molar-refractivity contribution < 1.29 is 22.7 Å². The van der Waals surface area contributed by atoms with Crippen LogP contribution in [0, 0.1) is 5.92 Å². The molecule has 7 heteroatoms. The average Bonchev–Trinajstić information content (AvgIpc) is 2.45. The summed E-state index contributed by atoms with van der Waals surface area (Å²) in [5.41, 5.74) is -0.773. The molecular formula is C13H15F3N2O2. The summed E-state index contributed by atoms with van der Waals surface area (Å²) >= 11 is 0.